The van der Waals surface area contributed by atoms with E-state index in [0.29, 0.717) is 49.5 Å². The van der Waals surface area contributed by atoms with Crippen molar-refractivity contribution in [2.75, 3.05) is 31.6 Å². The maximum atomic E-state index is 12.3. The third kappa shape index (κ3) is 6.54. The summed E-state index contributed by atoms with van der Waals surface area (Å²) in [5.74, 6) is 0.607. The van der Waals surface area contributed by atoms with Crippen LogP contribution in [0, 0.1) is 5.92 Å². The van der Waals surface area contributed by atoms with Gasteiger partial charge in [-0.25, -0.2) is 4.79 Å². The number of benzene rings is 1. The number of anilines is 1. The van der Waals surface area contributed by atoms with E-state index >= 15 is 0 Å². The van der Waals surface area contributed by atoms with Crippen LogP contribution in [0.15, 0.2) is 24.3 Å². The highest BCUT2D eigenvalue weighted by molar-refractivity contribution is 5.95. The molecule has 27 heavy (non-hydrogen) atoms. The molecule has 2 atom stereocenters. The maximum Gasteiger partial charge on any atom is 0.319 e. The molecule has 0 heterocycles. The van der Waals surface area contributed by atoms with Crippen LogP contribution in [0.25, 0.3) is 0 Å². The molecule has 0 aliphatic heterocycles. The smallest absolute Gasteiger partial charge is 0.319 e. The fourth-order valence-electron chi connectivity index (χ4n) is 3.47. The van der Waals surface area contributed by atoms with E-state index in [1.54, 1.807) is 29.2 Å². The van der Waals surface area contributed by atoms with Crippen LogP contribution < -0.4 is 10.6 Å². The quantitative estimate of drug-likeness (QED) is 0.677. The summed E-state index contributed by atoms with van der Waals surface area (Å²) in [5.41, 5.74) is 1.28. The molecule has 1 aliphatic rings. The molecular weight excluding hydrogens is 342 g/mol. The highest BCUT2D eigenvalue weighted by Crippen LogP contribution is 2.25. The average Bonchev–Trinajstić information content (AvgIpc) is 2.68. The number of nitrogens with one attached hydrogen (secondary N) is 2. The number of carbonyl (C=O) groups is 2. The zero-order chi connectivity index (χ0) is 19.6. The molecule has 1 aromatic carbocycles. The van der Waals surface area contributed by atoms with E-state index < -0.39 is 0 Å². The second kappa shape index (κ2) is 10.9. The number of hydrogen-bond donors (Lipinski definition) is 2. The van der Waals surface area contributed by atoms with Crippen LogP contribution in [0.4, 0.5) is 10.5 Å². The summed E-state index contributed by atoms with van der Waals surface area (Å²) in [4.78, 5) is 26.0. The Bertz CT molecular complexity index is 599. The van der Waals surface area contributed by atoms with Gasteiger partial charge in [0, 0.05) is 30.9 Å². The molecule has 2 rings (SSSR count). The molecule has 1 fully saturated rings. The normalized spacial score (nSPS) is 19.4. The van der Waals surface area contributed by atoms with Crippen molar-refractivity contribution < 1.29 is 14.3 Å². The molecule has 1 aromatic rings. The summed E-state index contributed by atoms with van der Waals surface area (Å²) in [5, 5.41) is 5.59. The van der Waals surface area contributed by atoms with E-state index in [-0.39, 0.29) is 11.9 Å². The SMILES string of the molecule is CCN(CC)C(=O)c1ccc(NC(=O)NCCOC2CCCCC2C)cc1. The number of rotatable bonds is 8. The van der Waals surface area contributed by atoms with Crippen molar-refractivity contribution in [1.82, 2.24) is 10.2 Å². The Morgan fingerprint density at radius 1 is 1.11 bits per heavy atom. The van der Waals surface area contributed by atoms with Crippen LogP contribution in [0.5, 0.6) is 0 Å². The van der Waals surface area contributed by atoms with Crippen LogP contribution in [0.2, 0.25) is 0 Å². The molecule has 6 heteroatoms. The van der Waals surface area contributed by atoms with Crippen molar-refractivity contribution in [1.29, 1.82) is 0 Å². The summed E-state index contributed by atoms with van der Waals surface area (Å²) in [6, 6.07) is 6.71. The van der Waals surface area contributed by atoms with Gasteiger partial charge >= 0.3 is 6.03 Å². The standard InChI is InChI=1S/C21H33N3O3/c1-4-24(5-2)20(25)17-10-12-18(13-11-17)23-21(26)22-14-15-27-19-9-7-6-8-16(19)3/h10-13,16,19H,4-9,14-15H2,1-3H3,(H2,22,23,26). The predicted octanol–water partition coefficient (Wildman–Crippen LogP) is 3.89. The molecule has 3 amide bonds. The van der Waals surface area contributed by atoms with E-state index in [0.717, 1.165) is 6.42 Å². The van der Waals surface area contributed by atoms with Crippen LogP contribution in [-0.4, -0.2) is 49.2 Å². The Morgan fingerprint density at radius 2 is 1.78 bits per heavy atom. The lowest BCUT2D eigenvalue weighted by Gasteiger charge is -2.28. The third-order valence-corrected chi connectivity index (χ3v) is 5.19. The Hall–Kier alpha value is -2.08. The van der Waals surface area contributed by atoms with Crippen molar-refractivity contribution in [2.45, 2.75) is 52.6 Å². The molecule has 1 saturated carbocycles. The summed E-state index contributed by atoms with van der Waals surface area (Å²) in [6.45, 7) is 8.52. The minimum atomic E-state index is -0.266. The maximum absolute atomic E-state index is 12.3. The lowest BCUT2D eigenvalue weighted by molar-refractivity contribution is -0.00232. The highest BCUT2D eigenvalue weighted by Gasteiger charge is 2.21. The molecule has 0 spiro atoms. The van der Waals surface area contributed by atoms with Gasteiger partial charge in [-0.2, -0.15) is 0 Å². The summed E-state index contributed by atoms with van der Waals surface area (Å²) < 4.78 is 5.90. The number of urea groups is 1. The van der Waals surface area contributed by atoms with E-state index in [9.17, 15) is 9.59 Å². The third-order valence-electron chi connectivity index (χ3n) is 5.19. The first-order chi connectivity index (χ1) is 13.0. The number of amides is 3. The Balaban J connectivity index is 1.71. The van der Waals surface area contributed by atoms with Gasteiger partial charge in [0.15, 0.2) is 0 Å². The lowest BCUT2D eigenvalue weighted by Crippen LogP contribution is -2.34. The van der Waals surface area contributed by atoms with Gasteiger partial charge in [-0.05, 0) is 56.9 Å². The fourth-order valence-corrected chi connectivity index (χ4v) is 3.47. The fraction of sp³-hybridized carbons (Fsp3) is 0.619. The molecule has 0 radical (unpaired) electrons. The number of nitrogens with zero attached hydrogens (tertiary/aromatic N) is 1. The monoisotopic (exact) mass is 375 g/mol. The number of hydrogen-bond acceptors (Lipinski definition) is 3. The number of ether oxygens (including phenoxy) is 1. The second-order valence-corrected chi connectivity index (χ2v) is 7.11. The van der Waals surface area contributed by atoms with Crippen molar-refractivity contribution in [3.8, 4) is 0 Å². The van der Waals surface area contributed by atoms with Gasteiger partial charge < -0.3 is 20.3 Å². The highest BCUT2D eigenvalue weighted by atomic mass is 16.5. The second-order valence-electron chi connectivity index (χ2n) is 7.11. The Labute approximate surface area is 162 Å². The average molecular weight is 376 g/mol. The van der Waals surface area contributed by atoms with Crippen LogP contribution in [0.3, 0.4) is 0 Å². The van der Waals surface area contributed by atoms with E-state index in [2.05, 4.69) is 17.6 Å². The Morgan fingerprint density at radius 3 is 2.41 bits per heavy atom. The first-order valence-electron chi connectivity index (χ1n) is 10.1. The topological polar surface area (TPSA) is 70.7 Å². The molecule has 6 nitrogen and oxygen atoms in total. The van der Waals surface area contributed by atoms with Gasteiger partial charge in [-0.15, -0.1) is 0 Å². The van der Waals surface area contributed by atoms with E-state index in [1.165, 1.54) is 19.3 Å². The Kier molecular flexibility index (Phi) is 8.58. The van der Waals surface area contributed by atoms with Gasteiger partial charge in [0.05, 0.1) is 12.7 Å². The first kappa shape index (κ1) is 21.2. The lowest BCUT2D eigenvalue weighted by atomic mass is 9.88. The molecule has 2 N–H and O–H groups in total. The molecule has 1 aliphatic carbocycles. The van der Waals surface area contributed by atoms with Crippen molar-refractivity contribution in [2.24, 2.45) is 5.92 Å². The summed E-state index contributed by atoms with van der Waals surface area (Å²) in [6.07, 6.45) is 5.19. The van der Waals surface area contributed by atoms with Crippen LogP contribution in [0.1, 0.15) is 56.8 Å². The predicted molar refractivity (Wildman–Crippen MR) is 108 cm³/mol. The van der Waals surface area contributed by atoms with Crippen LogP contribution in [-0.2, 0) is 4.74 Å². The number of carbonyl (C=O) groups excluding carboxylic acids is 2. The zero-order valence-corrected chi connectivity index (χ0v) is 16.8. The summed E-state index contributed by atoms with van der Waals surface area (Å²) >= 11 is 0. The van der Waals surface area contributed by atoms with Crippen molar-refractivity contribution >= 4 is 17.6 Å². The van der Waals surface area contributed by atoms with E-state index in [1.807, 2.05) is 13.8 Å². The molecule has 0 bridgehead atoms. The minimum absolute atomic E-state index is 0.00471. The first-order valence-corrected chi connectivity index (χ1v) is 10.1. The zero-order valence-electron chi connectivity index (χ0n) is 16.8. The van der Waals surface area contributed by atoms with Gasteiger partial charge in [-0.1, -0.05) is 19.8 Å². The molecular formula is C21H33N3O3. The molecule has 0 aromatic heterocycles. The van der Waals surface area contributed by atoms with E-state index in [4.69, 9.17) is 4.74 Å². The van der Waals surface area contributed by atoms with Gasteiger partial charge in [0.25, 0.3) is 5.91 Å². The van der Waals surface area contributed by atoms with Crippen LogP contribution >= 0.6 is 0 Å². The molecule has 2 unspecified atom stereocenters. The molecule has 0 saturated heterocycles. The van der Waals surface area contributed by atoms with Gasteiger partial charge in [-0.3, -0.25) is 4.79 Å². The van der Waals surface area contributed by atoms with Crippen molar-refractivity contribution in [3.05, 3.63) is 29.8 Å². The minimum Gasteiger partial charge on any atom is -0.376 e. The summed E-state index contributed by atoms with van der Waals surface area (Å²) in [7, 11) is 0. The van der Waals surface area contributed by atoms with Crippen molar-refractivity contribution in [3.63, 3.8) is 0 Å². The largest absolute Gasteiger partial charge is 0.376 e. The van der Waals surface area contributed by atoms with Gasteiger partial charge in [0.2, 0.25) is 0 Å². The molecule has 150 valence electrons. The van der Waals surface area contributed by atoms with Gasteiger partial charge in [0.1, 0.15) is 0 Å².